The van der Waals surface area contributed by atoms with E-state index >= 15 is 0 Å². The highest BCUT2D eigenvalue weighted by Crippen LogP contribution is 2.56. The Morgan fingerprint density at radius 3 is 2.57 bits per heavy atom. The van der Waals surface area contributed by atoms with Gasteiger partial charge in [0, 0.05) is 5.39 Å². The Balaban J connectivity index is 1.65. The monoisotopic (exact) mass is 303 g/mol. The van der Waals surface area contributed by atoms with E-state index in [4.69, 9.17) is 0 Å². The van der Waals surface area contributed by atoms with Gasteiger partial charge >= 0.3 is 0 Å². The van der Waals surface area contributed by atoms with Crippen LogP contribution in [0.4, 0.5) is 5.69 Å². The average Bonchev–Trinajstić information content (AvgIpc) is 3.18. The topological polar surface area (TPSA) is 37.4 Å². The highest BCUT2D eigenvalue weighted by atomic mass is 16.2. The number of carbonyl (C=O) groups excluding carboxylic acids is 2. The smallest absolute Gasteiger partial charge is 0.238 e. The first kappa shape index (κ1) is 13.1. The van der Waals surface area contributed by atoms with Gasteiger partial charge in [0.2, 0.25) is 11.8 Å². The summed E-state index contributed by atoms with van der Waals surface area (Å²) in [5.74, 6) is 0.221. The summed E-state index contributed by atoms with van der Waals surface area (Å²) in [5.41, 5.74) is 2.03. The lowest BCUT2D eigenvalue weighted by atomic mass is 9.82. The number of fused-ring (bicyclic) bond motifs is 6. The Labute approximate surface area is 134 Å². The molecule has 3 aliphatic rings. The van der Waals surface area contributed by atoms with E-state index < -0.39 is 0 Å². The second-order valence-corrected chi connectivity index (χ2v) is 6.98. The summed E-state index contributed by atoms with van der Waals surface area (Å²) < 4.78 is 0. The van der Waals surface area contributed by atoms with Crippen LogP contribution >= 0.6 is 0 Å². The highest BCUT2D eigenvalue weighted by Gasteiger charge is 2.61. The molecular weight excluding hydrogens is 286 g/mol. The lowest BCUT2D eigenvalue weighted by molar-refractivity contribution is -0.123. The van der Waals surface area contributed by atoms with Crippen molar-refractivity contribution in [2.24, 2.45) is 23.7 Å². The van der Waals surface area contributed by atoms with Crippen molar-refractivity contribution in [3.63, 3.8) is 0 Å². The molecule has 2 bridgehead atoms. The standard InChI is InChI=1S/C20H17NO2/c1-11-9-13-10-15(11)18-17(13)19(22)21(20(18)23)16-8-4-6-12-5-2-3-7-14(12)16/h2-9,13,15,17-18H,10H2,1H3/t13-,15+,17-,18-/m0/s1. The van der Waals surface area contributed by atoms with Crippen LogP contribution in [0, 0.1) is 23.7 Å². The van der Waals surface area contributed by atoms with E-state index in [1.165, 1.54) is 10.5 Å². The number of hydrogen-bond donors (Lipinski definition) is 0. The number of nitrogens with zero attached hydrogens (tertiary/aromatic N) is 1. The van der Waals surface area contributed by atoms with E-state index in [1.54, 1.807) is 0 Å². The molecule has 4 atom stereocenters. The van der Waals surface area contributed by atoms with Crippen molar-refractivity contribution in [1.29, 1.82) is 0 Å². The van der Waals surface area contributed by atoms with Crippen molar-refractivity contribution in [3.8, 4) is 0 Å². The minimum atomic E-state index is -0.143. The number of benzene rings is 2. The van der Waals surface area contributed by atoms with Crippen molar-refractivity contribution in [1.82, 2.24) is 0 Å². The first-order valence-corrected chi connectivity index (χ1v) is 8.20. The number of hydrogen-bond acceptors (Lipinski definition) is 2. The summed E-state index contributed by atoms with van der Waals surface area (Å²) in [4.78, 5) is 27.5. The SMILES string of the molecule is CC1=C[C@H]2C[C@H]1[C@@H]1C(=O)N(c3cccc4ccccc34)C(=O)[C@H]12. The third-order valence-electron chi connectivity index (χ3n) is 5.89. The van der Waals surface area contributed by atoms with Crippen LogP contribution in [-0.4, -0.2) is 11.8 Å². The third-order valence-corrected chi connectivity index (χ3v) is 5.89. The van der Waals surface area contributed by atoms with Gasteiger partial charge in [0.05, 0.1) is 17.5 Å². The predicted octanol–water partition coefficient (Wildman–Crippen LogP) is 3.54. The lowest BCUT2D eigenvalue weighted by Gasteiger charge is -2.20. The van der Waals surface area contributed by atoms with Crippen LogP contribution in [0.15, 0.2) is 54.1 Å². The number of allylic oxidation sites excluding steroid dienone is 2. The zero-order valence-electron chi connectivity index (χ0n) is 12.9. The first-order chi connectivity index (χ1) is 11.2. The van der Waals surface area contributed by atoms with E-state index in [1.807, 2.05) is 42.5 Å². The van der Waals surface area contributed by atoms with Crippen molar-refractivity contribution in [2.45, 2.75) is 13.3 Å². The van der Waals surface area contributed by atoms with E-state index in [-0.39, 0.29) is 35.5 Å². The van der Waals surface area contributed by atoms with Crippen LogP contribution in [0.5, 0.6) is 0 Å². The maximum Gasteiger partial charge on any atom is 0.238 e. The minimum Gasteiger partial charge on any atom is -0.274 e. The molecule has 1 saturated heterocycles. The largest absolute Gasteiger partial charge is 0.274 e. The van der Waals surface area contributed by atoms with Crippen LogP contribution < -0.4 is 4.90 Å². The minimum absolute atomic E-state index is 0.00342. The second kappa shape index (κ2) is 4.31. The molecule has 3 heteroatoms. The molecule has 2 aliphatic carbocycles. The van der Waals surface area contributed by atoms with Gasteiger partial charge in [0.15, 0.2) is 0 Å². The first-order valence-electron chi connectivity index (χ1n) is 8.20. The molecular formula is C20H17NO2. The second-order valence-electron chi connectivity index (χ2n) is 6.98. The molecule has 5 rings (SSSR count). The quantitative estimate of drug-likeness (QED) is 0.597. The van der Waals surface area contributed by atoms with Gasteiger partial charge in [-0.1, -0.05) is 48.0 Å². The summed E-state index contributed by atoms with van der Waals surface area (Å²) in [7, 11) is 0. The number of anilines is 1. The molecule has 3 nitrogen and oxygen atoms in total. The zero-order chi connectivity index (χ0) is 15.7. The van der Waals surface area contributed by atoms with E-state index in [0.717, 1.165) is 22.9 Å². The Morgan fingerprint density at radius 2 is 1.70 bits per heavy atom. The highest BCUT2D eigenvalue weighted by molar-refractivity contribution is 6.25. The maximum absolute atomic E-state index is 13.1. The van der Waals surface area contributed by atoms with Crippen molar-refractivity contribution in [2.75, 3.05) is 4.90 Å². The van der Waals surface area contributed by atoms with Crippen LogP contribution in [-0.2, 0) is 9.59 Å². The van der Waals surface area contributed by atoms with Crippen molar-refractivity contribution < 1.29 is 9.59 Å². The molecule has 1 heterocycles. The summed E-state index contributed by atoms with van der Waals surface area (Å²) in [5, 5.41) is 2.02. The van der Waals surface area contributed by atoms with Gasteiger partial charge in [0.25, 0.3) is 0 Å². The predicted molar refractivity (Wildman–Crippen MR) is 88.8 cm³/mol. The molecule has 0 N–H and O–H groups in total. The Kier molecular flexibility index (Phi) is 2.45. The molecule has 2 aromatic rings. The Hall–Kier alpha value is -2.42. The van der Waals surface area contributed by atoms with Crippen LogP contribution in [0.2, 0.25) is 0 Å². The normalized spacial score (nSPS) is 31.9. The van der Waals surface area contributed by atoms with Gasteiger partial charge in [-0.25, -0.2) is 4.90 Å². The van der Waals surface area contributed by atoms with E-state index in [9.17, 15) is 9.59 Å². The number of rotatable bonds is 1. The van der Waals surface area contributed by atoms with E-state index in [0.29, 0.717) is 0 Å². The number of carbonyl (C=O) groups is 2. The van der Waals surface area contributed by atoms with Gasteiger partial charge < -0.3 is 0 Å². The number of amides is 2. The molecule has 23 heavy (non-hydrogen) atoms. The molecule has 0 unspecified atom stereocenters. The zero-order valence-corrected chi connectivity index (χ0v) is 12.9. The fraction of sp³-hybridized carbons (Fsp3) is 0.300. The van der Waals surface area contributed by atoms with Gasteiger partial charge in [-0.3, -0.25) is 9.59 Å². The van der Waals surface area contributed by atoms with Crippen molar-refractivity contribution in [3.05, 3.63) is 54.1 Å². The van der Waals surface area contributed by atoms with Gasteiger partial charge in [0.1, 0.15) is 0 Å². The summed E-state index contributed by atoms with van der Waals surface area (Å²) in [6.45, 7) is 2.10. The molecule has 2 aromatic carbocycles. The molecule has 114 valence electrons. The molecule has 0 spiro atoms. The fourth-order valence-corrected chi connectivity index (χ4v) is 4.92. The van der Waals surface area contributed by atoms with Crippen LogP contribution in [0.25, 0.3) is 10.8 Å². The van der Waals surface area contributed by atoms with Gasteiger partial charge in [-0.05, 0) is 36.6 Å². The number of imide groups is 1. The fourth-order valence-electron chi connectivity index (χ4n) is 4.92. The van der Waals surface area contributed by atoms with Crippen LogP contribution in [0.1, 0.15) is 13.3 Å². The molecule has 0 aromatic heterocycles. The third kappa shape index (κ3) is 1.55. The summed E-state index contributed by atoms with van der Waals surface area (Å²) in [6.07, 6.45) is 3.19. The molecule has 1 aliphatic heterocycles. The Bertz CT molecular complexity index is 892. The summed E-state index contributed by atoms with van der Waals surface area (Å²) >= 11 is 0. The lowest BCUT2D eigenvalue weighted by Crippen LogP contribution is -2.33. The van der Waals surface area contributed by atoms with Gasteiger partial charge in [-0.2, -0.15) is 0 Å². The van der Waals surface area contributed by atoms with Crippen LogP contribution in [0.3, 0.4) is 0 Å². The molecule has 0 radical (unpaired) electrons. The molecule has 2 fully saturated rings. The summed E-state index contributed by atoms with van der Waals surface area (Å²) in [6, 6.07) is 13.7. The van der Waals surface area contributed by atoms with Crippen molar-refractivity contribution >= 4 is 28.3 Å². The molecule has 2 amide bonds. The molecule has 1 saturated carbocycles. The van der Waals surface area contributed by atoms with E-state index in [2.05, 4.69) is 13.0 Å². The van der Waals surface area contributed by atoms with Gasteiger partial charge in [-0.15, -0.1) is 0 Å². The average molecular weight is 303 g/mol. The maximum atomic E-state index is 13.1. The Morgan fingerprint density at radius 1 is 0.957 bits per heavy atom.